The number of thioether (sulfide) groups is 1. The zero-order valence-electron chi connectivity index (χ0n) is 9.82. The highest BCUT2D eigenvalue weighted by molar-refractivity contribution is 8.00. The lowest BCUT2D eigenvalue weighted by Crippen LogP contribution is -2.18. The van der Waals surface area contributed by atoms with E-state index in [2.05, 4.69) is 0 Å². The van der Waals surface area contributed by atoms with Crippen LogP contribution in [-0.2, 0) is 11.2 Å². The Kier molecular flexibility index (Phi) is 4.83. The minimum absolute atomic E-state index is 0.118. The zero-order valence-corrected chi connectivity index (χ0v) is 10.6. The number of halogens is 1. The van der Waals surface area contributed by atoms with Gasteiger partial charge in [-0.1, -0.05) is 12.1 Å². The quantitative estimate of drug-likeness (QED) is 0.898. The normalized spacial score (nSPS) is 17.3. The summed E-state index contributed by atoms with van der Waals surface area (Å²) in [5.74, 6) is -0.118. The molecule has 1 aromatic carbocycles. The van der Waals surface area contributed by atoms with Crippen LogP contribution in [-0.4, -0.2) is 25.0 Å². The molecule has 4 heteroatoms. The van der Waals surface area contributed by atoms with Crippen LogP contribution in [0.1, 0.15) is 18.4 Å². The summed E-state index contributed by atoms with van der Waals surface area (Å²) in [5.41, 5.74) is 6.59. The van der Waals surface area contributed by atoms with E-state index < -0.39 is 0 Å². The molecule has 94 valence electrons. The Bertz CT molecular complexity index is 366. The van der Waals surface area contributed by atoms with Crippen LogP contribution >= 0.6 is 11.8 Å². The molecule has 0 radical (unpaired) electrons. The highest BCUT2D eigenvalue weighted by Gasteiger charge is 2.18. The van der Waals surface area contributed by atoms with Gasteiger partial charge < -0.3 is 10.5 Å². The van der Waals surface area contributed by atoms with E-state index >= 15 is 0 Å². The van der Waals surface area contributed by atoms with Crippen LogP contribution in [0.15, 0.2) is 23.1 Å². The number of nitrogens with two attached hydrogens (primary N) is 1. The summed E-state index contributed by atoms with van der Waals surface area (Å²) >= 11 is 1.65. The van der Waals surface area contributed by atoms with E-state index in [1.165, 1.54) is 6.07 Å². The Balaban J connectivity index is 2.12. The van der Waals surface area contributed by atoms with Crippen molar-refractivity contribution >= 4 is 11.8 Å². The van der Waals surface area contributed by atoms with Crippen LogP contribution in [0.5, 0.6) is 0 Å². The molecule has 0 atom stereocenters. The van der Waals surface area contributed by atoms with Gasteiger partial charge in [0.05, 0.1) is 0 Å². The van der Waals surface area contributed by atoms with Crippen molar-refractivity contribution < 1.29 is 9.13 Å². The van der Waals surface area contributed by atoms with Gasteiger partial charge in [-0.25, -0.2) is 4.39 Å². The van der Waals surface area contributed by atoms with Gasteiger partial charge in [-0.2, -0.15) is 0 Å². The third-order valence-corrected chi connectivity index (χ3v) is 4.41. The highest BCUT2D eigenvalue weighted by atomic mass is 32.2. The van der Waals surface area contributed by atoms with Crippen LogP contribution in [0.2, 0.25) is 0 Å². The van der Waals surface area contributed by atoms with E-state index in [4.69, 9.17) is 10.5 Å². The molecule has 2 nitrogen and oxygen atoms in total. The molecule has 0 saturated carbocycles. The van der Waals surface area contributed by atoms with E-state index in [0.29, 0.717) is 11.8 Å². The largest absolute Gasteiger partial charge is 0.381 e. The molecule has 0 aliphatic carbocycles. The topological polar surface area (TPSA) is 35.2 Å². The van der Waals surface area contributed by atoms with Gasteiger partial charge in [0.1, 0.15) is 5.82 Å². The number of benzene rings is 1. The fraction of sp³-hybridized carbons (Fsp3) is 0.538. The lowest BCUT2D eigenvalue weighted by molar-refractivity contribution is 0.1000. The molecule has 1 heterocycles. The molecular formula is C13H18FNOS. The molecule has 2 rings (SSSR count). The standard InChI is InChI=1S/C13H18FNOS/c14-12-3-1-2-10(4-7-15)13(12)17-11-5-8-16-9-6-11/h1-3,11H,4-9,15H2. The second-order valence-electron chi connectivity index (χ2n) is 4.20. The van der Waals surface area contributed by atoms with Crippen molar-refractivity contribution in [1.29, 1.82) is 0 Å². The van der Waals surface area contributed by atoms with Gasteiger partial charge in [0.2, 0.25) is 0 Å². The molecule has 1 aliphatic rings. The van der Waals surface area contributed by atoms with Crippen LogP contribution in [0.25, 0.3) is 0 Å². The zero-order chi connectivity index (χ0) is 12.1. The first kappa shape index (κ1) is 12.9. The number of hydrogen-bond acceptors (Lipinski definition) is 3. The van der Waals surface area contributed by atoms with Crippen LogP contribution in [0.3, 0.4) is 0 Å². The summed E-state index contributed by atoms with van der Waals surface area (Å²) in [6, 6.07) is 5.26. The maximum atomic E-state index is 13.8. The smallest absolute Gasteiger partial charge is 0.137 e. The van der Waals surface area contributed by atoms with Crippen LogP contribution in [0, 0.1) is 5.82 Å². The van der Waals surface area contributed by atoms with E-state index in [0.717, 1.165) is 42.9 Å². The Morgan fingerprint density at radius 1 is 1.35 bits per heavy atom. The van der Waals surface area contributed by atoms with Gasteiger partial charge in [-0.15, -0.1) is 11.8 Å². The molecule has 2 N–H and O–H groups in total. The summed E-state index contributed by atoms with van der Waals surface area (Å²) in [6.45, 7) is 2.14. The Labute approximate surface area is 106 Å². The minimum atomic E-state index is -0.118. The SMILES string of the molecule is NCCc1cccc(F)c1SC1CCOCC1. The molecule has 0 aromatic heterocycles. The van der Waals surface area contributed by atoms with Crippen molar-refractivity contribution in [2.75, 3.05) is 19.8 Å². The molecule has 1 saturated heterocycles. The predicted molar refractivity (Wildman–Crippen MR) is 68.9 cm³/mol. The Morgan fingerprint density at radius 2 is 2.12 bits per heavy atom. The van der Waals surface area contributed by atoms with Crippen LogP contribution < -0.4 is 5.73 Å². The van der Waals surface area contributed by atoms with Gasteiger partial charge in [0.15, 0.2) is 0 Å². The average Bonchev–Trinajstić information content (AvgIpc) is 2.35. The predicted octanol–water partition coefficient (Wildman–Crippen LogP) is 2.60. The van der Waals surface area contributed by atoms with Gasteiger partial charge in [0, 0.05) is 23.4 Å². The first-order valence-corrected chi connectivity index (χ1v) is 6.91. The van der Waals surface area contributed by atoms with Crippen molar-refractivity contribution in [1.82, 2.24) is 0 Å². The maximum absolute atomic E-state index is 13.8. The summed E-state index contributed by atoms with van der Waals surface area (Å²) in [5, 5.41) is 0.470. The van der Waals surface area contributed by atoms with E-state index in [1.54, 1.807) is 17.8 Å². The molecule has 1 fully saturated rings. The molecule has 0 unspecified atom stereocenters. The van der Waals surface area contributed by atoms with E-state index in [-0.39, 0.29) is 5.82 Å². The second-order valence-corrected chi connectivity index (χ2v) is 5.51. The van der Waals surface area contributed by atoms with Crippen LogP contribution in [0.4, 0.5) is 4.39 Å². The summed E-state index contributed by atoms with van der Waals surface area (Å²) in [7, 11) is 0. The Morgan fingerprint density at radius 3 is 2.82 bits per heavy atom. The molecule has 0 bridgehead atoms. The third-order valence-electron chi connectivity index (χ3n) is 2.92. The molecule has 17 heavy (non-hydrogen) atoms. The van der Waals surface area contributed by atoms with Gasteiger partial charge in [-0.3, -0.25) is 0 Å². The minimum Gasteiger partial charge on any atom is -0.381 e. The van der Waals surface area contributed by atoms with E-state index in [9.17, 15) is 4.39 Å². The molecular weight excluding hydrogens is 237 g/mol. The molecule has 1 aliphatic heterocycles. The lowest BCUT2D eigenvalue weighted by atomic mass is 10.1. The van der Waals surface area contributed by atoms with Crippen molar-refractivity contribution in [3.8, 4) is 0 Å². The summed E-state index contributed by atoms with van der Waals surface area (Å²) in [6.07, 6.45) is 2.74. The first-order valence-electron chi connectivity index (χ1n) is 6.03. The Hall–Kier alpha value is -0.580. The number of hydrogen-bond donors (Lipinski definition) is 1. The third kappa shape index (κ3) is 3.44. The molecule has 0 amide bonds. The lowest BCUT2D eigenvalue weighted by Gasteiger charge is -2.22. The average molecular weight is 255 g/mol. The highest BCUT2D eigenvalue weighted by Crippen LogP contribution is 2.34. The van der Waals surface area contributed by atoms with Crippen molar-refractivity contribution in [3.05, 3.63) is 29.6 Å². The summed E-state index contributed by atoms with van der Waals surface area (Å²) < 4.78 is 19.2. The maximum Gasteiger partial charge on any atom is 0.137 e. The van der Waals surface area contributed by atoms with Gasteiger partial charge >= 0.3 is 0 Å². The van der Waals surface area contributed by atoms with Gasteiger partial charge in [0.25, 0.3) is 0 Å². The molecule has 0 spiro atoms. The van der Waals surface area contributed by atoms with Crippen molar-refractivity contribution in [2.45, 2.75) is 29.4 Å². The first-order chi connectivity index (χ1) is 8.31. The second kappa shape index (κ2) is 6.38. The monoisotopic (exact) mass is 255 g/mol. The molecule has 1 aromatic rings. The van der Waals surface area contributed by atoms with Crippen molar-refractivity contribution in [2.24, 2.45) is 5.73 Å². The number of rotatable bonds is 4. The summed E-state index contributed by atoms with van der Waals surface area (Å²) in [4.78, 5) is 0.782. The van der Waals surface area contributed by atoms with Crippen molar-refractivity contribution in [3.63, 3.8) is 0 Å². The fourth-order valence-electron chi connectivity index (χ4n) is 2.00. The van der Waals surface area contributed by atoms with E-state index in [1.807, 2.05) is 6.07 Å². The van der Waals surface area contributed by atoms with Gasteiger partial charge in [-0.05, 0) is 37.4 Å². The fourth-order valence-corrected chi connectivity index (χ4v) is 3.26. The number of ether oxygens (including phenoxy) is 1.